The van der Waals surface area contributed by atoms with Crippen LogP contribution in [-0.2, 0) is 13.0 Å². The summed E-state index contributed by atoms with van der Waals surface area (Å²) in [6, 6.07) is 0. The van der Waals surface area contributed by atoms with Crippen LogP contribution in [0.5, 0.6) is 0 Å². The van der Waals surface area contributed by atoms with Crippen molar-refractivity contribution in [1.29, 1.82) is 0 Å². The molecule has 1 atom stereocenters. The van der Waals surface area contributed by atoms with Crippen molar-refractivity contribution in [2.45, 2.75) is 26.3 Å². The van der Waals surface area contributed by atoms with E-state index in [0.717, 1.165) is 42.9 Å². The molecule has 1 aliphatic heterocycles. The minimum absolute atomic E-state index is 0.0511. The molecule has 0 fully saturated rings. The van der Waals surface area contributed by atoms with Crippen LogP contribution in [0.1, 0.15) is 28.2 Å². The van der Waals surface area contributed by atoms with Crippen LogP contribution in [0.3, 0.4) is 0 Å². The molecule has 0 radical (unpaired) electrons. The Morgan fingerprint density at radius 2 is 2.47 bits per heavy atom. The third-order valence-electron chi connectivity index (χ3n) is 3.68. The van der Waals surface area contributed by atoms with E-state index >= 15 is 0 Å². The highest BCUT2D eigenvalue weighted by Crippen LogP contribution is 2.18. The summed E-state index contributed by atoms with van der Waals surface area (Å²) in [5, 5.41) is 6.98. The third kappa shape index (κ3) is 2.56. The zero-order chi connectivity index (χ0) is 13.2. The second kappa shape index (κ2) is 5.17. The van der Waals surface area contributed by atoms with Gasteiger partial charge in [0.15, 0.2) is 0 Å². The number of hydrogen-bond donors (Lipinski definition) is 1. The summed E-state index contributed by atoms with van der Waals surface area (Å²) < 4.78 is 2.19. The second-order valence-corrected chi connectivity index (χ2v) is 5.82. The van der Waals surface area contributed by atoms with Crippen molar-refractivity contribution in [3.63, 3.8) is 0 Å². The SMILES string of the molecule is Cc1cscc1C(=O)NCC1CCc2nccn2C1. The predicted octanol–water partition coefficient (Wildman–Crippen LogP) is 2.25. The lowest BCUT2D eigenvalue weighted by Gasteiger charge is -2.23. The molecule has 1 N–H and O–H groups in total. The normalized spacial score (nSPS) is 18.1. The van der Waals surface area contributed by atoms with Crippen LogP contribution in [0.25, 0.3) is 0 Å². The molecule has 0 aromatic carbocycles. The number of fused-ring (bicyclic) bond motifs is 1. The molecule has 4 nitrogen and oxygen atoms in total. The fourth-order valence-electron chi connectivity index (χ4n) is 2.53. The number of amides is 1. The van der Waals surface area contributed by atoms with Gasteiger partial charge in [0.05, 0.1) is 5.56 Å². The first-order chi connectivity index (χ1) is 9.24. The highest BCUT2D eigenvalue weighted by atomic mass is 32.1. The van der Waals surface area contributed by atoms with Gasteiger partial charge in [-0.2, -0.15) is 11.3 Å². The Kier molecular flexibility index (Phi) is 3.38. The van der Waals surface area contributed by atoms with Gasteiger partial charge in [-0.1, -0.05) is 0 Å². The van der Waals surface area contributed by atoms with E-state index in [4.69, 9.17) is 0 Å². The van der Waals surface area contributed by atoms with Gasteiger partial charge in [0.1, 0.15) is 5.82 Å². The van der Waals surface area contributed by atoms with E-state index < -0.39 is 0 Å². The van der Waals surface area contributed by atoms with Crippen molar-refractivity contribution < 1.29 is 4.79 Å². The Morgan fingerprint density at radius 3 is 3.26 bits per heavy atom. The summed E-state index contributed by atoms with van der Waals surface area (Å²) in [4.78, 5) is 16.4. The number of nitrogens with zero attached hydrogens (tertiary/aromatic N) is 2. The monoisotopic (exact) mass is 275 g/mol. The van der Waals surface area contributed by atoms with E-state index in [1.54, 1.807) is 11.3 Å². The lowest BCUT2D eigenvalue weighted by Crippen LogP contribution is -2.33. The largest absolute Gasteiger partial charge is 0.352 e. The van der Waals surface area contributed by atoms with Crippen LogP contribution in [0, 0.1) is 12.8 Å². The van der Waals surface area contributed by atoms with E-state index in [1.807, 2.05) is 30.1 Å². The maximum Gasteiger partial charge on any atom is 0.252 e. The molecule has 2 aromatic rings. The number of aromatic nitrogens is 2. The molecule has 2 aromatic heterocycles. The average Bonchev–Trinajstić information content (AvgIpc) is 3.03. The summed E-state index contributed by atoms with van der Waals surface area (Å²) in [5.41, 5.74) is 1.87. The summed E-state index contributed by atoms with van der Waals surface area (Å²) >= 11 is 1.57. The number of imidazole rings is 1. The molecule has 0 bridgehead atoms. The third-order valence-corrected chi connectivity index (χ3v) is 4.55. The Labute approximate surface area is 116 Å². The molecule has 0 aliphatic carbocycles. The van der Waals surface area contributed by atoms with Crippen LogP contribution < -0.4 is 5.32 Å². The summed E-state index contributed by atoms with van der Waals surface area (Å²) in [7, 11) is 0. The molecule has 3 rings (SSSR count). The van der Waals surface area contributed by atoms with Crippen molar-refractivity contribution in [3.8, 4) is 0 Å². The van der Waals surface area contributed by atoms with Gasteiger partial charge in [-0.05, 0) is 30.2 Å². The standard InChI is InChI=1S/C14H17N3OS/c1-10-8-19-9-12(10)14(18)16-6-11-2-3-13-15-4-5-17(13)7-11/h4-5,8-9,11H,2-3,6-7H2,1H3,(H,16,18). The number of hydrogen-bond acceptors (Lipinski definition) is 3. The molecule has 1 aliphatic rings. The van der Waals surface area contributed by atoms with Gasteiger partial charge in [-0.15, -0.1) is 0 Å². The molecule has 5 heteroatoms. The number of aryl methyl sites for hydroxylation is 2. The van der Waals surface area contributed by atoms with Crippen LogP contribution in [0.4, 0.5) is 0 Å². The smallest absolute Gasteiger partial charge is 0.252 e. The first-order valence-corrected chi connectivity index (χ1v) is 7.49. The highest BCUT2D eigenvalue weighted by molar-refractivity contribution is 7.08. The topological polar surface area (TPSA) is 46.9 Å². The number of rotatable bonds is 3. The number of carbonyl (C=O) groups is 1. The maximum atomic E-state index is 12.0. The van der Waals surface area contributed by atoms with Gasteiger partial charge >= 0.3 is 0 Å². The molecule has 19 heavy (non-hydrogen) atoms. The van der Waals surface area contributed by atoms with Crippen LogP contribution in [0.15, 0.2) is 23.2 Å². The molecule has 0 saturated heterocycles. The van der Waals surface area contributed by atoms with Crippen molar-refractivity contribution in [2.24, 2.45) is 5.92 Å². The fourth-order valence-corrected chi connectivity index (χ4v) is 3.36. The molecule has 100 valence electrons. The number of carbonyl (C=O) groups excluding carboxylic acids is 1. The minimum Gasteiger partial charge on any atom is -0.352 e. The summed E-state index contributed by atoms with van der Waals surface area (Å²) in [5.74, 6) is 1.72. The molecule has 1 unspecified atom stereocenters. The van der Waals surface area contributed by atoms with Gasteiger partial charge in [0.25, 0.3) is 5.91 Å². The van der Waals surface area contributed by atoms with E-state index in [0.29, 0.717) is 5.92 Å². The number of thiophene rings is 1. The summed E-state index contributed by atoms with van der Waals surface area (Å²) in [6.45, 7) is 3.67. The van der Waals surface area contributed by atoms with Crippen LogP contribution in [0.2, 0.25) is 0 Å². The Balaban J connectivity index is 1.56. The molecule has 0 saturated carbocycles. The first-order valence-electron chi connectivity index (χ1n) is 6.55. The van der Waals surface area contributed by atoms with E-state index in [-0.39, 0.29) is 5.91 Å². The molecule has 1 amide bonds. The van der Waals surface area contributed by atoms with Crippen molar-refractivity contribution >= 4 is 17.2 Å². The quantitative estimate of drug-likeness (QED) is 0.934. The molecular weight excluding hydrogens is 258 g/mol. The molecular formula is C14H17N3OS. The van der Waals surface area contributed by atoms with E-state index in [1.165, 1.54) is 0 Å². The van der Waals surface area contributed by atoms with E-state index in [9.17, 15) is 4.79 Å². The van der Waals surface area contributed by atoms with Crippen molar-refractivity contribution in [1.82, 2.24) is 14.9 Å². The van der Waals surface area contributed by atoms with E-state index in [2.05, 4.69) is 14.9 Å². The lowest BCUT2D eigenvalue weighted by atomic mass is 9.99. The van der Waals surface area contributed by atoms with Crippen molar-refractivity contribution in [3.05, 3.63) is 40.1 Å². The first kappa shape index (κ1) is 12.4. The second-order valence-electron chi connectivity index (χ2n) is 5.08. The Hall–Kier alpha value is -1.62. The van der Waals surface area contributed by atoms with Gasteiger partial charge in [-0.25, -0.2) is 4.98 Å². The minimum atomic E-state index is 0.0511. The predicted molar refractivity (Wildman–Crippen MR) is 75.4 cm³/mol. The number of nitrogens with one attached hydrogen (secondary N) is 1. The Morgan fingerprint density at radius 1 is 1.58 bits per heavy atom. The van der Waals surface area contributed by atoms with Gasteiger partial charge in [0.2, 0.25) is 0 Å². The molecule has 0 spiro atoms. The molecule has 3 heterocycles. The van der Waals surface area contributed by atoms with Gasteiger partial charge in [-0.3, -0.25) is 4.79 Å². The fraction of sp³-hybridized carbons (Fsp3) is 0.429. The van der Waals surface area contributed by atoms with Gasteiger partial charge < -0.3 is 9.88 Å². The average molecular weight is 275 g/mol. The zero-order valence-electron chi connectivity index (χ0n) is 10.9. The Bertz CT molecular complexity index is 587. The highest BCUT2D eigenvalue weighted by Gasteiger charge is 2.19. The lowest BCUT2D eigenvalue weighted by molar-refractivity contribution is 0.0943. The van der Waals surface area contributed by atoms with Crippen molar-refractivity contribution in [2.75, 3.05) is 6.54 Å². The zero-order valence-corrected chi connectivity index (χ0v) is 11.7. The maximum absolute atomic E-state index is 12.0. The van der Waals surface area contributed by atoms with Crippen LogP contribution >= 0.6 is 11.3 Å². The van der Waals surface area contributed by atoms with Crippen LogP contribution in [-0.4, -0.2) is 22.0 Å². The summed E-state index contributed by atoms with van der Waals surface area (Å²) in [6.07, 6.45) is 5.97. The van der Waals surface area contributed by atoms with Gasteiger partial charge in [0, 0.05) is 37.3 Å².